The topological polar surface area (TPSA) is 46.0 Å². The first-order valence-electron chi connectivity index (χ1n) is 5.75. The summed E-state index contributed by atoms with van der Waals surface area (Å²) in [7, 11) is 0. The first kappa shape index (κ1) is 12.2. The number of aromatic nitrogens is 2. The molecule has 17 heavy (non-hydrogen) atoms. The first-order valence-corrected chi connectivity index (χ1v) is 6.57. The molecule has 0 aliphatic heterocycles. The van der Waals surface area contributed by atoms with Crippen molar-refractivity contribution in [1.29, 1.82) is 0 Å². The Kier molecular flexibility index (Phi) is 3.86. The van der Waals surface area contributed by atoms with Gasteiger partial charge < -0.3 is 5.11 Å². The number of nitrogens with zero attached hydrogens (tertiary/aromatic N) is 2. The van der Waals surface area contributed by atoms with E-state index in [0.29, 0.717) is 0 Å². The highest BCUT2D eigenvalue weighted by Gasteiger charge is 2.17. The normalized spacial score (nSPS) is 12.6. The van der Waals surface area contributed by atoms with Crippen LogP contribution in [0.25, 0.3) is 10.7 Å². The maximum Gasteiger partial charge on any atom is 0.142 e. The first-order chi connectivity index (χ1) is 8.26. The lowest BCUT2D eigenvalue weighted by Crippen LogP contribution is -2.01. The van der Waals surface area contributed by atoms with Crippen molar-refractivity contribution in [3.05, 3.63) is 35.0 Å². The van der Waals surface area contributed by atoms with Gasteiger partial charge in [-0.15, -0.1) is 11.3 Å². The Bertz CT molecular complexity index is 477. The van der Waals surface area contributed by atoms with E-state index >= 15 is 0 Å². The molecule has 4 heteroatoms. The Morgan fingerprint density at radius 3 is 2.82 bits per heavy atom. The molecule has 2 aromatic heterocycles. The van der Waals surface area contributed by atoms with Crippen molar-refractivity contribution in [2.75, 3.05) is 6.61 Å². The van der Waals surface area contributed by atoms with E-state index < -0.39 is 0 Å². The molecule has 0 bridgehead atoms. The maximum absolute atomic E-state index is 9.35. The number of hydrogen-bond acceptors (Lipinski definition) is 4. The van der Waals surface area contributed by atoms with Crippen molar-refractivity contribution in [2.45, 2.75) is 26.2 Å². The van der Waals surface area contributed by atoms with E-state index in [2.05, 4.69) is 16.9 Å². The molecule has 0 amide bonds. The highest BCUT2D eigenvalue weighted by Crippen LogP contribution is 2.32. The molecular weight excluding hydrogens is 232 g/mol. The summed E-state index contributed by atoms with van der Waals surface area (Å²) < 4.78 is 0. The number of aliphatic hydroxyl groups is 1. The Hall–Kier alpha value is -1.26. The second-order valence-corrected chi connectivity index (χ2v) is 5.00. The molecular formula is C13H16N2OS. The van der Waals surface area contributed by atoms with Crippen LogP contribution in [-0.2, 0) is 0 Å². The van der Waals surface area contributed by atoms with E-state index in [1.807, 2.05) is 25.1 Å². The fraction of sp³-hybridized carbons (Fsp3) is 0.385. The summed E-state index contributed by atoms with van der Waals surface area (Å²) in [5, 5.41) is 10.3. The third-order valence-electron chi connectivity index (χ3n) is 2.80. The molecule has 90 valence electrons. The molecule has 0 aromatic carbocycles. The number of rotatable bonds is 4. The van der Waals surface area contributed by atoms with Gasteiger partial charge in [0.05, 0.1) is 18.0 Å². The maximum atomic E-state index is 9.35. The van der Waals surface area contributed by atoms with E-state index in [0.717, 1.165) is 22.8 Å². The lowest BCUT2D eigenvalue weighted by molar-refractivity contribution is 0.263. The van der Waals surface area contributed by atoms with Crippen molar-refractivity contribution in [2.24, 2.45) is 0 Å². The molecule has 0 radical (unpaired) electrons. The number of pyridine rings is 1. The molecule has 0 spiro atoms. The molecule has 0 saturated carbocycles. The fourth-order valence-electron chi connectivity index (χ4n) is 1.78. The SMILES string of the molecule is CCC(CO)c1sc(-c2ccccn2)nc1C. The number of hydrogen-bond donors (Lipinski definition) is 1. The highest BCUT2D eigenvalue weighted by molar-refractivity contribution is 7.15. The minimum absolute atomic E-state index is 0.182. The predicted octanol–water partition coefficient (Wildman–Crippen LogP) is 3.00. The Morgan fingerprint density at radius 1 is 1.41 bits per heavy atom. The van der Waals surface area contributed by atoms with E-state index in [1.54, 1.807) is 17.5 Å². The summed E-state index contributed by atoms with van der Waals surface area (Å²) in [5.74, 6) is 0.199. The van der Waals surface area contributed by atoms with Gasteiger partial charge in [0.25, 0.3) is 0 Å². The summed E-state index contributed by atoms with van der Waals surface area (Å²) >= 11 is 1.64. The highest BCUT2D eigenvalue weighted by atomic mass is 32.1. The lowest BCUT2D eigenvalue weighted by Gasteiger charge is -2.08. The van der Waals surface area contributed by atoms with Gasteiger partial charge in [-0.2, -0.15) is 0 Å². The zero-order valence-corrected chi connectivity index (χ0v) is 10.9. The summed E-state index contributed by atoms with van der Waals surface area (Å²) in [6.07, 6.45) is 2.70. The molecule has 0 saturated heterocycles. The summed E-state index contributed by atoms with van der Waals surface area (Å²) in [6, 6.07) is 5.82. The quantitative estimate of drug-likeness (QED) is 0.904. The van der Waals surface area contributed by atoms with Gasteiger partial charge in [0.1, 0.15) is 5.01 Å². The van der Waals surface area contributed by atoms with Crippen LogP contribution in [0, 0.1) is 6.92 Å². The third kappa shape index (κ3) is 2.53. The molecule has 0 aliphatic carbocycles. The molecule has 0 aliphatic rings. The van der Waals surface area contributed by atoms with Crippen molar-refractivity contribution >= 4 is 11.3 Å². The predicted molar refractivity (Wildman–Crippen MR) is 70.2 cm³/mol. The largest absolute Gasteiger partial charge is 0.396 e. The van der Waals surface area contributed by atoms with Crippen LogP contribution in [0.3, 0.4) is 0 Å². The molecule has 1 atom stereocenters. The van der Waals surface area contributed by atoms with Gasteiger partial charge in [0.15, 0.2) is 0 Å². The zero-order chi connectivity index (χ0) is 12.3. The number of thiazole rings is 1. The van der Waals surface area contributed by atoms with Gasteiger partial charge in [-0.25, -0.2) is 4.98 Å². The van der Waals surface area contributed by atoms with Crippen LogP contribution in [0.5, 0.6) is 0 Å². The minimum Gasteiger partial charge on any atom is -0.396 e. The van der Waals surface area contributed by atoms with Gasteiger partial charge in [-0.1, -0.05) is 13.0 Å². The molecule has 3 nitrogen and oxygen atoms in total. The van der Waals surface area contributed by atoms with Gasteiger partial charge in [0.2, 0.25) is 0 Å². The fourth-order valence-corrected chi connectivity index (χ4v) is 3.00. The van der Waals surface area contributed by atoms with Gasteiger partial charge in [-0.05, 0) is 25.5 Å². The lowest BCUT2D eigenvalue weighted by atomic mass is 10.1. The van der Waals surface area contributed by atoms with Crippen LogP contribution in [0.2, 0.25) is 0 Å². The van der Waals surface area contributed by atoms with Gasteiger partial charge in [-0.3, -0.25) is 4.98 Å². The van der Waals surface area contributed by atoms with Crippen LogP contribution < -0.4 is 0 Å². The van der Waals surface area contributed by atoms with Crippen molar-refractivity contribution < 1.29 is 5.11 Å². The molecule has 0 fully saturated rings. The molecule has 2 heterocycles. The summed E-state index contributed by atoms with van der Waals surface area (Å²) in [6.45, 7) is 4.26. The van der Waals surface area contributed by atoms with E-state index in [4.69, 9.17) is 0 Å². The molecule has 2 rings (SSSR count). The summed E-state index contributed by atoms with van der Waals surface area (Å²) in [4.78, 5) is 10.0. The smallest absolute Gasteiger partial charge is 0.142 e. The van der Waals surface area contributed by atoms with Crippen molar-refractivity contribution in [1.82, 2.24) is 9.97 Å². The number of aliphatic hydroxyl groups excluding tert-OH is 1. The Labute approximate surface area is 105 Å². The minimum atomic E-state index is 0.182. The van der Waals surface area contributed by atoms with E-state index in [-0.39, 0.29) is 12.5 Å². The second-order valence-electron chi connectivity index (χ2n) is 3.97. The van der Waals surface area contributed by atoms with Crippen LogP contribution in [-0.4, -0.2) is 21.7 Å². The van der Waals surface area contributed by atoms with Crippen LogP contribution in [0.15, 0.2) is 24.4 Å². The van der Waals surface area contributed by atoms with Crippen LogP contribution in [0.1, 0.15) is 29.8 Å². The Morgan fingerprint density at radius 2 is 2.24 bits per heavy atom. The average Bonchev–Trinajstić information content (AvgIpc) is 2.75. The van der Waals surface area contributed by atoms with Crippen molar-refractivity contribution in [3.63, 3.8) is 0 Å². The van der Waals surface area contributed by atoms with Crippen molar-refractivity contribution in [3.8, 4) is 10.7 Å². The third-order valence-corrected chi connectivity index (χ3v) is 4.14. The average molecular weight is 248 g/mol. The zero-order valence-electron chi connectivity index (χ0n) is 10.1. The van der Waals surface area contributed by atoms with Crippen LogP contribution >= 0.6 is 11.3 Å². The van der Waals surface area contributed by atoms with Gasteiger partial charge in [0, 0.05) is 17.0 Å². The van der Waals surface area contributed by atoms with Gasteiger partial charge >= 0.3 is 0 Å². The van der Waals surface area contributed by atoms with Crippen LogP contribution in [0.4, 0.5) is 0 Å². The summed E-state index contributed by atoms with van der Waals surface area (Å²) in [5.41, 5.74) is 1.91. The van der Waals surface area contributed by atoms with E-state index in [9.17, 15) is 5.11 Å². The van der Waals surface area contributed by atoms with E-state index in [1.165, 1.54) is 4.88 Å². The number of aryl methyl sites for hydroxylation is 1. The Balaban J connectivity index is 2.37. The monoisotopic (exact) mass is 248 g/mol. The standard InChI is InChI=1S/C13H16N2OS/c1-3-10(8-16)12-9(2)15-13(17-12)11-6-4-5-7-14-11/h4-7,10,16H,3,8H2,1-2H3. The molecule has 1 unspecified atom stereocenters. The molecule has 2 aromatic rings. The molecule has 1 N–H and O–H groups in total. The second kappa shape index (κ2) is 5.38.